The fourth-order valence-electron chi connectivity index (χ4n) is 1.81. The molecular weight excluding hydrogens is 202 g/mol. The molecule has 2 heterocycles. The van der Waals surface area contributed by atoms with Gasteiger partial charge in [0.2, 0.25) is 5.88 Å². The Bertz CT molecular complexity index is 584. The Morgan fingerprint density at radius 3 is 2.94 bits per heavy atom. The molecule has 3 rings (SSSR count). The molecule has 1 aromatic heterocycles. The van der Waals surface area contributed by atoms with Crippen LogP contribution in [0.2, 0.25) is 0 Å². The average Bonchev–Trinajstić information content (AvgIpc) is 2.49. The maximum absolute atomic E-state index is 5.83. The Morgan fingerprint density at radius 1 is 1.25 bits per heavy atom. The fourth-order valence-corrected chi connectivity index (χ4v) is 1.81. The topological polar surface area (TPSA) is 39.4 Å². The van der Waals surface area contributed by atoms with Gasteiger partial charge in [0.15, 0.2) is 0 Å². The number of ether oxygens (including phenoxy) is 1. The predicted octanol–water partition coefficient (Wildman–Crippen LogP) is 2.58. The first-order valence-corrected chi connectivity index (χ1v) is 5.10. The van der Waals surface area contributed by atoms with Crippen LogP contribution in [0.15, 0.2) is 29.3 Å². The molecule has 2 aromatic rings. The van der Waals surface area contributed by atoms with Crippen LogP contribution in [-0.2, 0) is 7.05 Å². The molecule has 4 heteroatoms. The van der Waals surface area contributed by atoms with Gasteiger partial charge in [-0.2, -0.15) is 5.10 Å². The third kappa shape index (κ3) is 1.23. The van der Waals surface area contributed by atoms with Crippen molar-refractivity contribution in [2.75, 3.05) is 0 Å². The Labute approximate surface area is 93.2 Å². The highest BCUT2D eigenvalue weighted by Gasteiger charge is 2.18. The minimum atomic E-state index is 0.693. The molecule has 0 bridgehead atoms. The van der Waals surface area contributed by atoms with E-state index in [0.717, 1.165) is 22.7 Å². The first kappa shape index (κ1) is 9.15. The van der Waals surface area contributed by atoms with Gasteiger partial charge in [-0.3, -0.25) is 0 Å². The molecule has 16 heavy (non-hydrogen) atoms. The third-order valence-electron chi connectivity index (χ3n) is 2.60. The van der Waals surface area contributed by atoms with Crippen LogP contribution in [0.4, 0.5) is 5.69 Å². The van der Waals surface area contributed by atoms with Crippen LogP contribution in [0.3, 0.4) is 0 Å². The standard InChI is InChI=1S/C12H11N3O/c1-8-11-12(15(2)14-8)16-10-6-4-3-5-9(10)7-13-11/h3-7H,1-2H3. The lowest BCUT2D eigenvalue weighted by molar-refractivity contribution is 0.432. The molecule has 0 unspecified atom stereocenters. The number of aliphatic imine (C=N–C) groups is 1. The molecule has 0 fully saturated rings. The van der Waals surface area contributed by atoms with Crippen molar-refractivity contribution in [3.05, 3.63) is 35.5 Å². The summed E-state index contributed by atoms with van der Waals surface area (Å²) in [7, 11) is 1.86. The number of hydrogen-bond donors (Lipinski definition) is 0. The Morgan fingerprint density at radius 2 is 2.06 bits per heavy atom. The molecule has 0 amide bonds. The third-order valence-corrected chi connectivity index (χ3v) is 2.60. The number of aromatic nitrogens is 2. The summed E-state index contributed by atoms with van der Waals surface area (Å²) >= 11 is 0. The number of nitrogens with zero attached hydrogens (tertiary/aromatic N) is 3. The maximum atomic E-state index is 5.83. The molecule has 1 aliphatic heterocycles. The summed E-state index contributed by atoms with van der Waals surface area (Å²) in [5.74, 6) is 1.51. The quantitative estimate of drug-likeness (QED) is 0.575. The van der Waals surface area contributed by atoms with Crippen molar-refractivity contribution < 1.29 is 4.74 Å². The van der Waals surface area contributed by atoms with Gasteiger partial charge < -0.3 is 4.74 Å². The summed E-state index contributed by atoms with van der Waals surface area (Å²) < 4.78 is 7.54. The number of benzene rings is 1. The van der Waals surface area contributed by atoms with Gasteiger partial charge in [0, 0.05) is 18.8 Å². The van der Waals surface area contributed by atoms with E-state index in [1.165, 1.54) is 0 Å². The predicted molar refractivity (Wildman–Crippen MR) is 61.7 cm³/mol. The molecule has 0 spiro atoms. The van der Waals surface area contributed by atoms with Crippen molar-refractivity contribution in [1.29, 1.82) is 0 Å². The molecule has 1 aromatic carbocycles. The van der Waals surface area contributed by atoms with E-state index in [-0.39, 0.29) is 0 Å². The highest BCUT2D eigenvalue weighted by molar-refractivity contribution is 5.87. The molecule has 0 saturated carbocycles. The van der Waals surface area contributed by atoms with Crippen LogP contribution in [0, 0.1) is 6.92 Å². The van der Waals surface area contributed by atoms with Gasteiger partial charge in [-0.15, -0.1) is 0 Å². The largest absolute Gasteiger partial charge is 0.436 e. The highest BCUT2D eigenvalue weighted by atomic mass is 16.5. The number of aryl methyl sites for hydroxylation is 2. The van der Waals surface area contributed by atoms with Crippen LogP contribution in [0.25, 0.3) is 0 Å². The first-order valence-electron chi connectivity index (χ1n) is 5.10. The van der Waals surface area contributed by atoms with E-state index in [2.05, 4.69) is 10.1 Å². The lowest BCUT2D eigenvalue weighted by Crippen LogP contribution is -1.96. The van der Waals surface area contributed by atoms with Crippen LogP contribution in [0.1, 0.15) is 11.3 Å². The molecular formula is C12H11N3O. The molecule has 0 N–H and O–H groups in total. The maximum Gasteiger partial charge on any atom is 0.244 e. The number of hydrogen-bond acceptors (Lipinski definition) is 3. The second-order valence-electron chi connectivity index (χ2n) is 3.76. The minimum absolute atomic E-state index is 0.693. The van der Waals surface area contributed by atoms with Crippen molar-refractivity contribution >= 4 is 11.9 Å². The van der Waals surface area contributed by atoms with E-state index in [9.17, 15) is 0 Å². The average molecular weight is 213 g/mol. The second-order valence-corrected chi connectivity index (χ2v) is 3.76. The van der Waals surface area contributed by atoms with E-state index >= 15 is 0 Å². The molecule has 4 nitrogen and oxygen atoms in total. The fraction of sp³-hybridized carbons (Fsp3) is 0.167. The number of para-hydroxylation sites is 1. The lowest BCUT2D eigenvalue weighted by atomic mass is 10.2. The molecule has 0 atom stereocenters. The zero-order chi connectivity index (χ0) is 11.1. The zero-order valence-electron chi connectivity index (χ0n) is 9.14. The van der Waals surface area contributed by atoms with Gasteiger partial charge in [-0.05, 0) is 19.1 Å². The number of rotatable bonds is 0. The molecule has 1 aliphatic rings. The molecule has 80 valence electrons. The van der Waals surface area contributed by atoms with Crippen molar-refractivity contribution in [2.45, 2.75) is 6.92 Å². The monoisotopic (exact) mass is 213 g/mol. The lowest BCUT2D eigenvalue weighted by Gasteiger charge is -2.06. The van der Waals surface area contributed by atoms with Crippen LogP contribution in [0.5, 0.6) is 11.6 Å². The van der Waals surface area contributed by atoms with Crippen molar-refractivity contribution in [2.24, 2.45) is 12.0 Å². The van der Waals surface area contributed by atoms with Gasteiger partial charge in [0.05, 0.1) is 5.69 Å². The van der Waals surface area contributed by atoms with E-state index in [4.69, 9.17) is 4.74 Å². The second kappa shape index (κ2) is 3.20. The van der Waals surface area contributed by atoms with Crippen LogP contribution in [-0.4, -0.2) is 16.0 Å². The molecule has 0 radical (unpaired) electrons. The highest BCUT2D eigenvalue weighted by Crippen LogP contribution is 2.37. The van der Waals surface area contributed by atoms with Crippen molar-refractivity contribution in [1.82, 2.24) is 9.78 Å². The summed E-state index contributed by atoms with van der Waals surface area (Å²) in [6.07, 6.45) is 1.82. The van der Waals surface area contributed by atoms with Crippen LogP contribution < -0.4 is 4.74 Å². The van der Waals surface area contributed by atoms with Gasteiger partial charge in [-0.25, -0.2) is 9.67 Å². The first-order chi connectivity index (χ1) is 7.75. The Kier molecular flexibility index (Phi) is 1.83. The zero-order valence-corrected chi connectivity index (χ0v) is 9.14. The van der Waals surface area contributed by atoms with E-state index in [1.54, 1.807) is 4.68 Å². The summed E-state index contributed by atoms with van der Waals surface area (Å²) in [4.78, 5) is 4.42. The minimum Gasteiger partial charge on any atom is -0.436 e. The van der Waals surface area contributed by atoms with Gasteiger partial charge >= 0.3 is 0 Å². The van der Waals surface area contributed by atoms with E-state index in [0.29, 0.717) is 5.88 Å². The van der Waals surface area contributed by atoms with Gasteiger partial charge in [-0.1, -0.05) is 12.1 Å². The summed E-state index contributed by atoms with van der Waals surface area (Å²) in [5, 5.41) is 4.29. The van der Waals surface area contributed by atoms with E-state index in [1.807, 2.05) is 44.5 Å². The summed E-state index contributed by atoms with van der Waals surface area (Å²) in [6, 6.07) is 7.82. The normalized spacial score (nSPS) is 12.6. The number of fused-ring (bicyclic) bond motifs is 2. The van der Waals surface area contributed by atoms with Crippen molar-refractivity contribution in [3.63, 3.8) is 0 Å². The summed E-state index contributed by atoms with van der Waals surface area (Å²) in [6.45, 7) is 1.93. The SMILES string of the molecule is Cc1nn(C)c2c1N=Cc1ccccc1O2. The Balaban J connectivity index is 2.22. The van der Waals surface area contributed by atoms with Crippen molar-refractivity contribution in [3.8, 4) is 11.6 Å². The Hall–Kier alpha value is -2.10. The van der Waals surface area contributed by atoms with E-state index < -0.39 is 0 Å². The summed E-state index contributed by atoms with van der Waals surface area (Å²) in [5.41, 5.74) is 2.67. The van der Waals surface area contributed by atoms with Crippen LogP contribution >= 0.6 is 0 Å². The smallest absolute Gasteiger partial charge is 0.244 e. The molecule has 0 saturated heterocycles. The van der Waals surface area contributed by atoms with Gasteiger partial charge in [0.25, 0.3) is 0 Å². The molecule has 0 aliphatic carbocycles. The van der Waals surface area contributed by atoms with Gasteiger partial charge in [0.1, 0.15) is 11.4 Å².